The number of aromatic nitrogens is 1. The van der Waals surface area contributed by atoms with E-state index < -0.39 is 0 Å². The third-order valence-corrected chi connectivity index (χ3v) is 4.57. The summed E-state index contributed by atoms with van der Waals surface area (Å²) in [5.41, 5.74) is 7.64. The fraction of sp³-hybridized carbons (Fsp3) is 0.478. The van der Waals surface area contributed by atoms with Crippen LogP contribution in [0.2, 0.25) is 0 Å². The van der Waals surface area contributed by atoms with Crippen molar-refractivity contribution in [2.45, 2.75) is 67.2 Å². The number of allylic oxidation sites excluding steroid dienone is 6. The molecule has 0 unspecified atom stereocenters. The normalized spacial score (nSPS) is 13.1. The molecule has 0 spiro atoms. The molecule has 3 nitrogen and oxygen atoms in total. The Morgan fingerprint density at radius 2 is 1.92 bits per heavy atom. The number of hydrogen-bond donors (Lipinski definition) is 2. The van der Waals surface area contributed by atoms with E-state index in [1.54, 1.807) is 0 Å². The highest BCUT2D eigenvalue weighted by Gasteiger charge is 2.11. The van der Waals surface area contributed by atoms with Gasteiger partial charge in [0.05, 0.1) is 11.4 Å². The van der Waals surface area contributed by atoms with Gasteiger partial charge in [0.25, 0.3) is 0 Å². The molecule has 0 aliphatic heterocycles. The second kappa shape index (κ2) is 11.5. The smallest absolute Gasteiger partial charge is 0.0862 e. The third kappa shape index (κ3) is 6.29. The van der Waals surface area contributed by atoms with Crippen LogP contribution in [0.25, 0.3) is 5.57 Å². The molecule has 0 radical (unpaired) electrons. The lowest BCUT2D eigenvalue weighted by atomic mass is 9.99. The fourth-order valence-electron chi connectivity index (χ4n) is 2.73. The molecule has 1 aromatic rings. The SMILES string of the molecule is CCCNc1cc(C(/C=C\C=C(\C)CC)=C(/C)CCC)nc(C=N)c1C. The van der Waals surface area contributed by atoms with Crippen LogP contribution in [-0.2, 0) is 0 Å². The molecule has 0 saturated heterocycles. The molecule has 1 heterocycles. The number of anilines is 1. The van der Waals surface area contributed by atoms with E-state index in [2.05, 4.69) is 64.2 Å². The second-order valence-corrected chi connectivity index (χ2v) is 6.81. The van der Waals surface area contributed by atoms with Crippen molar-refractivity contribution in [3.8, 4) is 0 Å². The molecule has 26 heavy (non-hydrogen) atoms. The van der Waals surface area contributed by atoms with Crippen molar-refractivity contribution in [2.75, 3.05) is 11.9 Å². The Bertz CT molecular complexity index is 694. The predicted octanol–water partition coefficient (Wildman–Crippen LogP) is 6.70. The van der Waals surface area contributed by atoms with Gasteiger partial charge in [0.15, 0.2) is 0 Å². The molecule has 0 saturated carbocycles. The summed E-state index contributed by atoms with van der Waals surface area (Å²) < 4.78 is 0. The van der Waals surface area contributed by atoms with Gasteiger partial charge >= 0.3 is 0 Å². The Kier molecular flexibility index (Phi) is 9.64. The molecular formula is C23H35N3. The summed E-state index contributed by atoms with van der Waals surface area (Å²) in [5, 5.41) is 11.2. The zero-order valence-corrected chi connectivity index (χ0v) is 17.4. The molecule has 0 atom stereocenters. The minimum Gasteiger partial charge on any atom is -0.385 e. The first-order valence-corrected chi connectivity index (χ1v) is 9.78. The lowest BCUT2D eigenvalue weighted by Crippen LogP contribution is -2.07. The van der Waals surface area contributed by atoms with Crippen LogP contribution in [0.15, 0.2) is 35.4 Å². The van der Waals surface area contributed by atoms with Crippen LogP contribution in [-0.4, -0.2) is 17.7 Å². The van der Waals surface area contributed by atoms with E-state index in [-0.39, 0.29) is 0 Å². The highest BCUT2D eigenvalue weighted by Crippen LogP contribution is 2.27. The minimum atomic E-state index is 0.733. The average molecular weight is 354 g/mol. The van der Waals surface area contributed by atoms with E-state index >= 15 is 0 Å². The van der Waals surface area contributed by atoms with Crippen LogP contribution >= 0.6 is 0 Å². The van der Waals surface area contributed by atoms with Crippen molar-refractivity contribution in [3.63, 3.8) is 0 Å². The lowest BCUT2D eigenvalue weighted by Gasteiger charge is -2.15. The predicted molar refractivity (Wildman–Crippen MR) is 116 cm³/mol. The molecule has 0 aromatic carbocycles. The summed E-state index contributed by atoms with van der Waals surface area (Å²) in [6.45, 7) is 13.8. The zero-order valence-electron chi connectivity index (χ0n) is 17.4. The van der Waals surface area contributed by atoms with E-state index in [0.717, 1.165) is 60.4 Å². The average Bonchev–Trinajstić information content (AvgIpc) is 2.64. The highest BCUT2D eigenvalue weighted by molar-refractivity contribution is 5.84. The van der Waals surface area contributed by atoms with Crippen molar-refractivity contribution in [3.05, 3.63) is 52.4 Å². The van der Waals surface area contributed by atoms with Crippen LogP contribution in [0.3, 0.4) is 0 Å². The Morgan fingerprint density at radius 1 is 1.19 bits per heavy atom. The van der Waals surface area contributed by atoms with E-state index in [9.17, 15) is 0 Å². The van der Waals surface area contributed by atoms with E-state index in [4.69, 9.17) is 10.4 Å². The monoisotopic (exact) mass is 353 g/mol. The van der Waals surface area contributed by atoms with Crippen LogP contribution in [0.1, 0.15) is 77.3 Å². The Hall–Kier alpha value is -2.16. The van der Waals surface area contributed by atoms with Crippen molar-refractivity contribution in [1.29, 1.82) is 5.41 Å². The van der Waals surface area contributed by atoms with Gasteiger partial charge in [-0.25, -0.2) is 4.98 Å². The molecule has 3 heteroatoms. The quantitative estimate of drug-likeness (QED) is 0.363. The van der Waals surface area contributed by atoms with Gasteiger partial charge in [-0.3, -0.25) is 0 Å². The van der Waals surface area contributed by atoms with E-state index in [1.807, 2.05) is 6.92 Å². The van der Waals surface area contributed by atoms with Crippen LogP contribution < -0.4 is 5.32 Å². The van der Waals surface area contributed by atoms with Gasteiger partial charge < -0.3 is 10.7 Å². The maximum absolute atomic E-state index is 7.74. The maximum Gasteiger partial charge on any atom is 0.0862 e. The second-order valence-electron chi connectivity index (χ2n) is 6.81. The van der Waals surface area contributed by atoms with Gasteiger partial charge in [0, 0.05) is 18.4 Å². The highest BCUT2D eigenvalue weighted by atomic mass is 14.9. The molecule has 0 bridgehead atoms. The van der Waals surface area contributed by atoms with Gasteiger partial charge in [-0.15, -0.1) is 0 Å². The Labute approximate surface area is 159 Å². The molecule has 1 rings (SSSR count). The largest absolute Gasteiger partial charge is 0.385 e. The summed E-state index contributed by atoms with van der Waals surface area (Å²) in [7, 11) is 0. The van der Waals surface area contributed by atoms with Gasteiger partial charge in [-0.1, -0.05) is 56.6 Å². The summed E-state index contributed by atoms with van der Waals surface area (Å²) in [6, 6.07) is 2.13. The molecule has 2 N–H and O–H groups in total. The standard InChI is InChI=1S/C23H35N3/c1-7-11-18(5)20(13-10-12-17(4)9-3)22-15-21(25-14-8-2)19(6)23(16-24)26-22/h10,12-13,15-16,24H,7-9,11,14H2,1-6H3,(H,25,26)/b13-10-,17-12-,20-18-,24-16?. The molecule has 0 aliphatic carbocycles. The van der Waals surface area contributed by atoms with Crippen molar-refractivity contribution < 1.29 is 0 Å². The van der Waals surface area contributed by atoms with Gasteiger partial charge in [-0.2, -0.15) is 0 Å². The maximum atomic E-state index is 7.74. The fourth-order valence-corrected chi connectivity index (χ4v) is 2.73. The van der Waals surface area contributed by atoms with Crippen LogP contribution in [0, 0.1) is 12.3 Å². The minimum absolute atomic E-state index is 0.733. The number of nitrogens with zero attached hydrogens (tertiary/aromatic N) is 1. The molecule has 0 aliphatic rings. The van der Waals surface area contributed by atoms with Gasteiger partial charge in [0.2, 0.25) is 0 Å². The summed E-state index contributed by atoms with van der Waals surface area (Å²) in [6.07, 6.45) is 12.1. The summed E-state index contributed by atoms with van der Waals surface area (Å²) in [4.78, 5) is 4.77. The number of rotatable bonds is 10. The van der Waals surface area contributed by atoms with Gasteiger partial charge in [-0.05, 0) is 57.2 Å². The number of hydrogen-bond acceptors (Lipinski definition) is 3. The summed E-state index contributed by atoms with van der Waals surface area (Å²) >= 11 is 0. The van der Waals surface area contributed by atoms with Crippen molar-refractivity contribution >= 4 is 17.5 Å². The zero-order chi connectivity index (χ0) is 19.5. The lowest BCUT2D eigenvalue weighted by molar-refractivity contribution is 0.907. The Morgan fingerprint density at radius 3 is 2.50 bits per heavy atom. The first-order chi connectivity index (χ1) is 12.5. The molecule has 0 amide bonds. The third-order valence-electron chi connectivity index (χ3n) is 4.57. The molecule has 1 aromatic heterocycles. The van der Waals surface area contributed by atoms with Crippen molar-refractivity contribution in [2.24, 2.45) is 0 Å². The molecule has 0 fully saturated rings. The van der Waals surface area contributed by atoms with Crippen molar-refractivity contribution in [1.82, 2.24) is 4.98 Å². The summed E-state index contributed by atoms with van der Waals surface area (Å²) in [5.74, 6) is 0. The Balaban J connectivity index is 3.45. The molecule has 142 valence electrons. The van der Waals surface area contributed by atoms with Gasteiger partial charge in [0.1, 0.15) is 0 Å². The molecular weight excluding hydrogens is 318 g/mol. The first-order valence-electron chi connectivity index (χ1n) is 9.78. The topological polar surface area (TPSA) is 48.8 Å². The van der Waals surface area contributed by atoms with E-state index in [0.29, 0.717) is 0 Å². The van der Waals surface area contributed by atoms with Crippen LogP contribution in [0.5, 0.6) is 0 Å². The van der Waals surface area contributed by atoms with E-state index in [1.165, 1.54) is 17.4 Å². The number of pyridine rings is 1. The first kappa shape index (κ1) is 21.9. The number of nitrogens with one attached hydrogen (secondary N) is 2. The van der Waals surface area contributed by atoms with Crippen LogP contribution in [0.4, 0.5) is 5.69 Å².